The summed E-state index contributed by atoms with van der Waals surface area (Å²) in [6.45, 7) is 1.62. The van der Waals surface area contributed by atoms with Crippen LogP contribution in [-0.2, 0) is 4.79 Å². The largest absolute Gasteiger partial charge is 0.324 e. The van der Waals surface area contributed by atoms with Crippen LogP contribution in [0.3, 0.4) is 0 Å². The summed E-state index contributed by atoms with van der Waals surface area (Å²) in [6, 6.07) is 10.0. The van der Waals surface area contributed by atoms with Gasteiger partial charge in [-0.15, -0.1) is 11.6 Å². The van der Waals surface area contributed by atoms with Gasteiger partial charge in [0, 0.05) is 11.8 Å². The lowest BCUT2D eigenvalue weighted by molar-refractivity contribution is -0.115. The number of carbonyl (C=O) groups excluding carboxylic acids is 1. The number of amides is 1. The van der Waals surface area contributed by atoms with Crippen molar-refractivity contribution >= 4 is 23.2 Å². The number of benzene rings is 1. The standard InChI is InChI=1S/C9H9ClNO/c1-7(10)9(12)11-8-5-3-2-4-6-8/h2-5,7H,1H3,(H,11,12). The van der Waals surface area contributed by atoms with Crippen LogP contribution in [-0.4, -0.2) is 11.3 Å². The van der Waals surface area contributed by atoms with Crippen molar-refractivity contribution in [1.29, 1.82) is 0 Å². The summed E-state index contributed by atoms with van der Waals surface area (Å²) < 4.78 is 0. The van der Waals surface area contributed by atoms with Crippen molar-refractivity contribution in [2.24, 2.45) is 0 Å². The van der Waals surface area contributed by atoms with Crippen LogP contribution >= 0.6 is 11.6 Å². The average Bonchev–Trinajstić information content (AvgIpc) is 2.06. The number of halogens is 1. The fourth-order valence-corrected chi connectivity index (χ4v) is 0.758. The number of para-hydroxylation sites is 1. The van der Waals surface area contributed by atoms with Gasteiger partial charge in [-0.25, -0.2) is 0 Å². The van der Waals surface area contributed by atoms with Crippen molar-refractivity contribution < 1.29 is 4.79 Å². The van der Waals surface area contributed by atoms with E-state index in [-0.39, 0.29) is 5.91 Å². The first-order valence-electron chi connectivity index (χ1n) is 3.62. The van der Waals surface area contributed by atoms with E-state index in [4.69, 9.17) is 11.6 Å². The summed E-state index contributed by atoms with van der Waals surface area (Å²) >= 11 is 5.55. The van der Waals surface area contributed by atoms with E-state index in [9.17, 15) is 4.79 Å². The summed E-state index contributed by atoms with van der Waals surface area (Å²) in [6.07, 6.45) is 0. The van der Waals surface area contributed by atoms with Gasteiger partial charge in [0.1, 0.15) is 5.38 Å². The first-order valence-corrected chi connectivity index (χ1v) is 4.05. The fraction of sp³-hybridized carbons (Fsp3) is 0.222. The van der Waals surface area contributed by atoms with Crippen LogP contribution in [0, 0.1) is 6.07 Å². The Bertz CT molecular complexity index is 258. The molecule has 1 aromatic rings. The van der Waals surface area contributed by atoms with Crippen LogP contribution in [0.5, 0.6) is 0 Å². The molecule has 0 aliphatic rings. The molecule has 3 heteroatoms. The third-order valence-electron chi connectivity index (χ3n) is 1.33. The van der Waals surface area contributed by atoms with Crippen molar-refractivity contribution in [3.8, 4) is 0 Å². The van der Waals surface area contributed by atoms with Gasteiger partial charge in [-0.2, -0.15) is 0 Å². The van der Waals surface area contributed by atoms with Gasteiger partial charge in [-0.1, -0.05) is 18.2 Å². The normalized spacial score (nSPS) is 12.2. The van der Waals surface area contributed by atoms with E-state index in [1.807, 2.05) is 12.1 Å². The van der Waals surface area contributed by atoms with Crippen LogP contribution in [0.1, 0.15) is 6.92 Å². The number of nitrogens with one attached hydrogen (secondary N) is 1. The molecule has 1 N–H and O–H groups in total. The monoisotopic (exact) mass is 182 g/mol. The third kappa shape index (κ3) is 2.55. The summed E-state index contributed by atoms with van der Waals surface area (Å²) in [5.41, 5.74) is 0.648. The molecule has 0 bridgehead atoms. The number of hydrogen-bond donors (Lipinski definition) is 1. The Balaban J connectivity index is 2.59. The van der Waals surface area contributed by atoms with Crippen LogP contribution in [0.4, 0.5) is 5.69 Å². The van der Waals surface area contributed by atoms with Crippen LogP contribution in [0.15, 0.2) is 24.3 Å². The SMILES string of the molecule is CC(Cl)C(=O)Nc1[c]cccc1. The maximum atomic E-state index is 11.0. The Morgan fingerprint density at radius 3 is 2.92 bits per heavy atom. The van der Waals surface area contributed by atoms with Crippen molar-refractivity contribution in [3.05, 3.63) is 30.3 Å². The van der Waals surface area contributed by atoms with Crippen LogP contribution in [0.25, 0.3) is 0 Å². The molecular formula is C9H9ClNO. The van der Waals surface area contributed by atoms with Crippen molar-refractivity contribution in [3.63, 3.8) is 0 Å². The lowest BCUT2D eigenvalue weighted by Crippen LogP contribution is -2.20. The smallest absolute Gasteiger partial charge is 0.242 e. The van der Waals surface area contributed by atoms with Gasteiger partial charge in [-0.05, 0) is 13.0 Å². The number of hydrogen-bond acceptors (Lipinski definition) is 1. The Hall–Kier alpha value is -1.02. The minimum absolute atomic E-state index is 0.209. The quantitative estimate of drug-likeness (QED) is 0.697. The molecule has 0 saturated carbocycles. The summed E-state index contributed by atoms with van der Waals surface area (Å²) in [5.74, 6) is -0.209. The first-order chi connectivity index (χ1) is 5.70. The predicted octanol–water partition coefficient (Wildman–Crippen LogP) is 2.05. The van der Waals surface area contributed by atoms with E-state index < -0.39 is 5.38 Å². The first kappa shape index (κ1) is 9.07. The maximum absolute atomic E-state index is 11.0. The molecular weight excluding hydrogens is 174 g/mol. The highest BCUT2D eigenvalue weighted by molar-refractivity contribution is 6.32. The Morgan fingerprint density at radius 2 is 2.42 bits per heavy atom. The Labute approximate surface area is 76.5 Å². The van der Waals surface area contributed by atoms with Gasteiger partial charge in [0.25, 0.3) is 0 Å². The highest BCUT2D eigenvalue weighted by Gasteiger charge is 2.07. The molecule has 1 aromatic carbocycles. The second kappa shape index (κ2) is 4.12. The molecule has 0 aliphatic heterocycles. The summed E-state index contributed by atoms with van der Waals surface area (Å²) in [7, 11) is 0. The lowest BCUT2D eigenvalue weighted by atomic mass is 10.3. The Kier molecular flexibility index (Phi) is 3.11. The molecule has 2 nitrogen and oxygen atoms in total. The van der Waals surface area contributed by atoms with Crippen molar-refractivity contribution in [1.82, 2.24) is 0 Å². The molecule has 1 amide bonds. The van der Waals surface area contributed by atoms with E-state index in [2.05, 4.69) is 11.4 Å². The summed E-state index contributed by atoms with van der Waals surface area (Å²) in [4.78, 5) is 11.0. The van der Waals surface area contributed by atoms with E-state index in [1.54, 1.807) is 19.1 Å². The second-order valence-electron chi connectivity index (χ2n) is 2.38. The number of alkyl halides is 1. The molecule has 12 heavy (non-hydrogen) atoms. The molecule has 63 valence electrons. The van der Waals surface area contributed by atoms with Gasteiger partial charge in [0.2, 0.25) is 5.91 Å². The van der Waals surface area contributed by atoms with E-state index in [0.29, 0.717) is 5.69 Å². The molecule has 0 aliphatic carbocycles. The highest BCUT2D eigenvalue weighted by Crippen LogP contribution is 2.05. The zero-order chi connectivity index (χ0) is 8.97. The molecule has 1 atom stereocenters. The van der Waals surface area contributed by atoms with Gasteiger partial charge in [-0.3, -0.25) is 4.79 Å². The number of anilines is 1. The maximum Gasteiger partial charge on any atom is 0.242 e. The third-order valence-corrected chi connectivity index (χ3v) is 1.53. The minimum Gasteiger partial charge on any atom is -0.324 e. The Morgan fingerprint density at radius 1 is 1.67 bits per heavy atom. The minimum atomic E-state index is -0.515. The molecule has 1 radical (unpaired) electrons. The molecule has 0 spiro atoms. The van der Waals surface area contributed by atoms with E-state index in [1.165, 1.54) is 0 Å². The zero-order valence-electron chi connectivity index (χ0n) is 6.67. The molecule has 0 saturated heterocycles. The van der Waals surface area contributed by atoms with Gasteiger partial charge in [0.05, 0.1) is 0 Å². The molecule has 0 aromatic heterocycles. The van der Waals surface area contributed by atoms with Crippen molar-refractivity contribution in [2.45, 2.75) is 12.3 Å². The lowest BCUT2D eigenvalue weighted by Gasteiger charge is -2.04. The second-order valence-corrected chi connectivity index (χ2v) is 3.04. The number of rotatable bonds is 2. The van der Waals surface area contributed by atoms with Gasteiger partial charge in [0.15, 0.2) is 0 Å². The van der Waals surface area contributed by atoms with E-state index >= 15 is 0 Å². The fourth-order valence-electron chi connectivity index (χ4n) is 0.703. The molecule has 0 fully saturated rings. The van der Waals surface area contributed by atoms with Gasteiger partial charge < -0.3 is 5.32 Å². The summed E-state index contributed by atoms with van der Waals surface area (Å²) in [5, 5.41) is 2.10. The molecule has 1 unspecified atom stereocenters. The topological polar surface area (TPSA) is 29.1 Å². The number of carbonyl (C=O) groups is 1. The molecule has 1 rings (SSSR count). The predicted molar refractivity (Wildman–Crippen MR) is 49.2 cm³/mol. The van der Waals surface area contributed by atoms with Crippen LogP contribution < -0.4 is 5.32 Å². The van der Waals surface area contributed by atoms with E-state index in [0.717, 1.165) is 0 Å². The van der Waals surface area contributed by atoms with Gasteiger partial charge >= 0.3 is 0 Å². The van der Waals surface area contributed by atoms with Crippen molar-refractivity contribution in [2.75, 3.05) is 5.32 Å². The zero-order valence-corrected chi connectivity index (χ0v) is 7.43. The highest BCUT2D eigenvalue weighted by atomic mass is 35.5. The molecule has 0 heterocycles. The van der Waals surface area contributed by atoms with Crippen LogP contribution in [0.2, 0.25) is 0 Å². The average molecular weight is 183 g/mol.